The molecule has 0 bridgehead atoms. The highest BCUT2D eigenvalue weighted by atomic mass is 16.3. The van der Waals surface area contributed by atoms with Gasteiger partial charge in [-0.3, -0.25) is 4.99 Å². The van der Waals surface area contributed by atoms with Crippen molar-refractivity contribution in [1.29, 1.82) is 0 Å². The minimum Gasteiger partial charge on any atom is -0.455 e. The fraction of sp³-hybridized carbons (Fsp3) is 0.286. The first kappa shape index (κ1) is 15.5. The molecule has 0 amide bonds. The molecule has 0 radical (unpaired) electrons. The predicted octanol–water partition coefficient (Wildman–Crippen LogP) is 6.06. The lowest BCUT2D eigenvalue weighted by atomic mass is 9.99. The average molecular weight is 305 g/mol. The van der Waals surface area contributed by atoms with Gasteiger partial charge in [-0.1, -0.05) is 31.2 Å². The van der Waals surface area contributed by atoms with Crippen molar-refractivity contribution in [2.45, 2.75) is 39.7 Å². The first-order chi connectivity index (χ1) is 10.9. The maximum Gasteiger partial charge on any atom is 0.144 e. The van der Waals surface area contributed by atoms with E-state index in [0.717, 1.165) is 39.6 Å². The molecule has 118 valence electrons. The Labute approximate surface area is 137 Å². The van der Waals surface area contributed by atoms with Crippen molar-refractivity contribution in [3.8, 4) is 0 Å². The lowest BCUT2D eigenvalue weighted by Crippen LogP contribution is -2.16. The molecule has 3 aromatic rings. The SMILES string of the molecule is C=CC(C)(C)/N=C(\CC)c1cc(C)cc2c1oc1ccccc12. The van der Waals surface area contributed by atoms with Crippen molar-refractivity contribution in [3.63, 3.8) is 0 Å². The van der Waals surface area contributed by atoms with Crippen molar-refractivity contribution in [3.05, 3.63) is 60.2 Å². The second kappa shape index (κ2) is 5.69. The number of hydrogen-bond acceptors (Lipinski definition) is 2. The van der Waals surface area contributed by atoms with Crippen LogP contribution in [-0.4, -0.2) is 11.3 Å². The third-order valence-electron chi connectivity index (χ3n) is 4.19. The molecule has 1 aromatic heterocycles. The minimum atomic E-state index is -0.284. The van der Waals surface area contributed by atoms with Crippen LogP contribution in [0.25, 0.3) is 21.9 Å². The van der Waals surface area contributed by atoms with Gasteiger partial charge in [0.2, 0.25) is 0 Å². The molecule has 0 aliphatic heterocycles. The van der Waals surface area contributed by atoms with E-state index in [2.05, 4.69) is 58.5 Å². The second-order valence-corrected chi connectivity index (χ2v) is 6.56. The Hall–Kier alpha value is -2.35. The summed E-state index contributed by atoms with van der Waals surface area (Å²) >= 11 is 0. The molecule has 3 rings (SSSR count). The Bertz CT molecular complexity index is 912. The van der Waals surface area contributed by atoms with Gasteiger partial charge in [0.15, 0.2) is 0 Å². The zero-order valence-corrected chi connectivity index (χ0v) is 14.3. The van der Waals surface area contributed by atoms with Crippen molar-refractivity contribution >= 4 is 27.7 Å². The van der Waals surface area contributed by atoms with Crippen LogP contribution in [0.3, 0.4) is 0 Å². The highest BCUT2D eigenvalue weighted by Gasteiger charge is 2.18. The highest BCUT2D eigenvalue weighted by Crippen LogP contribution is 2.33. The van der Waals surface area contributed by atoms with Gasteiger partial charge in [-0.2, -0.15) is 0 Å². The largest absolute Gasteiger partial charge is 0.455 e. The van der Waals surface area contributed by atoms with Gasteiger partial charge in [0.25, 0.3) is 0 Å². The fourth-order valence-electron chi connectivity index (χ4n) is 2.91. The zero-order valence-electron chi connectivity index (χ0n) is 14.3. The molecule has 0 unspecified atom stereocenters. The Morgan fingerprint density at radius 1 is 1.22 bits per heavy atom. The van der Waals surface area contributed by atoms with Crippen LogP contribution >= 0.6 is 0 Å². The van der Waals surface area contributed by atoms with Gasteiger partial charge in [0, 0.05) is 22.0 Å². The van der Waals surface area contributed by atoms with E-state index in [1.54, 1.807) is 0 Å². The molecule has 0 aliphatic carbocycles. The monoisotopic (exact) mass is 305 g/mol. The molecular weight excluding hydrogens is 282 g/mol. The Kier molecular flexibility index (Phi) is 3.85. The molecule has 0 saturated heterocycles. The first-order valence-electron chi connectivity index (χ1n) is 8.10. The minimum absolute atomic E-state index is 0.284. The third-order valence-corrected chi connectivity index (χ3v) is 4.19. The van der Waals surface area contributed by atoms with Gasteiger partial charge >= 0.3 is 0 Å². The number of aryl methyl sites for hydroxylation is 1. The smallest absolute Gasteiger partial charge is 0.144 e. The van der Waals surface area contributed by atoms with Gasteiger partial charge in [-0.05, 0) is 51.0 Å². The Morgan fingerprint density at radius 2 is 1.96 bits per heavy atom. The summed E-state index contributed by atoms with van der Waals surface area (Å²) in [6.45, 7) is 12.3. The number of aliphatic imine (C=N–C) groups is 1. The lowest BCUT2D eigenvalue weighted by Gasteiger charge is -2.17. The van der Waals surface area contributed by atoms with E-state index < -0.39 is 0 Å². The average Bonchev–Trinajstić information content (AvgIpc) is 2.90. The van der Waals surface area contributed by atoms with E-state index in [-0.39, 0.29) is 5.54 Å². The highest BCUT2D eigenvalue weighted by molar-refractivity contribution is 6.15. The molecule has 0 N–H and O–H groups in total. The molecule has 23 heavy (non-hydrogen) atoms. The van der Waals surface area contributed by atoms with Gasteiger partial charge in [-0.15, -0.1) is 6.58 Å². The van der Waals surface area contributed by atoms with E-state index in [0.29, 0.717) is 0 Å². The summed E-state index contributed by atoms with van der Waals surface area (Å²) in [5.74, 6) is 0. The standard InChI is InChI=1S/C21H23NO/c1-6-18(22-21(4,5)7-2)17-13-14(3)12-16-15-10-8-9-11-19(15)23-20(16)17/h7-13H,2,6H2,1,3-5H3/b22-18+. The number of benzene rings is 2. The molecular formula is C21H23NO. The molecule has 0 aliphatic rings. The number of hydrogen-bond donors (Lipinski definition) is 0. The number of furan rings is 1. The zero-order chi connectivity index (χ0) is 16.6. The summed E-state index contributed by atoms with van der Waals surface area (Å²) in [5, 5.41) is 2.32. The molecule has 0 spiro atoms. The summed E-state index contributed by atoms with van der Waals surface area (Å²) in [6.07, 6.45) is 2.74. The van der Waals surface area contributed by atoms with E-state index >= 15 is 0 Å². The maximum absolute atomic E-state index is 6.16. The van der Waals surface area contributed by atoms with E-state index in [1.807, 2.05) is 18.2 Å². The predicted molar refractivity (Wildman–Crippen MR) is 99.6 cm³/mol. The molecule has 1 heterocycles. The molecule has 2 aromatic carbocycles. The van der Waals surface area contributed by atoms with Crippen LogP contribution in [0.4, 0.5) is 0 Å². The molecule has 0 saturated carbocycles. The van der Waals surface area contributed by atoms with Crippen LogP contribution in [0.15, 0.2) is 58.5 Å². The van der Waals surface area contributed by atoms with Crippen molar-refractivity contribution < 1.29 is 4.42 Å². The van der Waals surface area contributed by atoms with Crippen LogP contribution in [0.5, 0.6) is 0 Å². The van der Waals surface area contributed by atoms with E-state index in [9.17, 15) is 0 Å². The number of rotatable bonds is 4. The molecule has 0 atom stereocenters. The summed E-state index contributed by atoms with van der Waals surface area (Å²) in [6, 6.07) is 12.6. The van der Waals surface area contributed by atoms with E-state index in [4.69, 9.17) is 9.41 Å². The number of nitrogens with zero attached hydrogens (tertiary/aromatic N) is 1. The lowest BCUT2D eigenvalue weighted by molar-refractivity contribution is 0.654. The van der Waals surface area contributed by atoms with Crippen LogP contribution in [0.2, 0.25) is 0 Å². The normalized spacial score (nSPS) is 13.0. The van der Waals surface area contributed by atoms with Crippen LogP contribution < -0.4 is 0 Å². The van der Waals surface area contributed by atoms with Crippen LogP contribution in [0, 0.1) is 6.92 Å². The maximum atomic E-state index is 6.16. The van der Waals surface area contributed by atoms with Crippen molar-refractivity contribution in [2.75, 3.05) is 0 Å². The van der Waals surface area contributed by atoms with Gasteiger partial charge in [0.05, 0.1) is 5.54 Å². The number of para-hydroxylation sites is 1. The Balaban J connectivity index is 2.34. The topological polar surface area (TPSA) is 25.5 Å². The quantitative estimate of drug-likeness (QED) is 0.425. The fourth-order valence-corrected chi connectivity index (χ4v) is 2.91. The molecule has 2 heteroatoms. The van der Waals surface area contributed by atoms with Gasteiger partial charge < -0.3 is 4.42 Å². The summed E-state index contributed by atoms with van der Waals surface area (Å²) < 4.78 is 6.16. The van der Waals surface area contributed by atoms with E-state index in [1.165, 1.54) is 5.56 Å². The van der Waals surface area contributed by atoms with Crippen molar-refractivity contribution in [1.82, 2.24) is 0 Å². The van der Waals surface area contributed by atoms with Gasteiger partial charge in [-0.25, -0.2) is 0 Å². The molecule has 2 nitrogen and oxygen atoms in total. The summed E-state index contributed by atoms with van der Waals surface area (Å²) in [5.41, 5.74) is 4.94. The molecule has 0 fully saturated rings. The third kappa shape index (κ3) is 2.81. The van der Waals surface area contributed by atoms with Gasteiger partial charge in [0.1, 0.15) is 11.2 Å². The summed E-state index contributed by atoms with van der Waals surface area (Å²) in [4.78, 5) is 4.92. The van der Waals surface area contributed by atoms with Crippen LogP contribution in [0.1, 0.15) is 38.3 Å². The Morgan fingerprint density at radius 3 is 2.65 bits per heavy atom. The second-order valence-electron chi connectivity index (χ2n) is 6.56. The first-order valence-corrected chi connectivity index (χ1v) is 8.10. The number of fused-ring (bicyclic) bond motifs is 3. The van der Waals surface area contributed by atoms with Crippen LogP contribution in [-0.2, 0) is 0 Å². The van der Waals surface area contributed by atoms with Crippen molar-refractivity contribution in [2.24, 2.45) is 4.99 Å². The summed E-state index contributed by atoms with van der Waals surface area (Å²) in [7, 11) is 0.